The molecule has 3 unspecified atom stereocenters. The van der Waals surface area contributed by atoms with Gasteiger partial charge in [0.25, 0.3) is 6.47 Å². The standard InChI is InChI=1S/C23H26F4N2O2.CH2O2/c1-28-19-6-3-15(4-7-19)16-9-14(13-31-2)10-17(11-16)22(30)29-21-8-5-18(12-20(21)24)23(25,26)27;2-1-3/h3-8,12,14,16-17,28H,9-11,13H2,1-2H3,(H,29,30);1H,(H,2,3). The van der Waals surface area contributed by atoms with E-state index in [1.54, 1.807) is 7.11 Å². The van der Waals surface area contributed by atoms with Gasteiger partial charge in [0, 0.05) is 32.4 Å². The summed E-state index contributed by atoms with van der Waals surface area (Å²) >= 11 is 0. The largest absolute Gasteiger partial charge is 0.483 e. The van der Waals surface area contributed by atoms with Crippen molar-refractivity contribution in [3.63, 3.8) is 0 Å². The summed E-state index contributed by atoms with van der Waals surface area (Å²) in [7, 11) is 3.45. The molecule has 34 heavy (non-hydrogen) atoms. The summed E-state index contributed by atoms with van der Waals surface area (Å²) in [4.78, 5) is 21.2. The predicted molar refractivity (Wildman–Crippen MR) is 120 cm³/mol. The van der Waals surface area contributed by atoms with E-state index in [4.69, 9.17) is 14.6 Å². The fraction of sp³-hybridized carbons (Fsp3) is 0.417. The van der Waals surface area contributed by atoms with Gasteiger partial charge in [-0.1, -0.05) is 12.1 Å². The van der Waals surface area contributed by atoms with Gasteiger partial charge in [0.1, 0.15) is 5.82 Å². The van der Waals surface area contributed by atoms with E-state index in [9.17, 15) is 22.4 Å². The lowest BCUT2D eigenvalue weighted by Gasteiger charge is -2.34. The van der Waals surface area contributed by atoms with Crippen LogP contribution in [0.3, 0.4) is 0 Å². The first-order valence-electron chi connectivity index (χ1n) is 10.6. The Hall–Kier alpha value is -3.14. The van der Waals surface area contributed by atoms with Crippen LogP contribution in [0.25, 0.3) is 0 Å². The van der Waals surface area contributed by atoms with Crippen molar-refractivity contribution in [2.45, 2.75) is 31.4 Å². The van der Waals surface area contributed by atoms with Gasteiger partial charge in [0.15, 0.2) is 0 Å². The lowest BCUT2D eigenvalue weighted by atomic mass is 9.72. The van der Waals surface area contributed by atoms with Crippen LogP contribution in [0, 0.1) is 17.7 Å². The number of carbonyl (C=O) groups excluding carboxylic acids is 1. The van der Waals surface area contributed by atoms with Crippen LogP contribution in [-0.2, 0) is 20.5 Å². The molecule has 3 rings (SSSR count). The Morgan fingerprint density at radius 3 is 2.32 bits per heavy atom. The van der Waals surface area contributed by atoms with E-state index in [-0.39, 0.29) is 24.0 Å². The molecule has 186 valence electrons. The SMILES string of the molecule is CNc1ccc(C2CC(COC)CC(C(=O)Nc3ccc(C(F)(F)F)cc3F)C2)cc1.O=CO. The van der Waals surface area contributed by atoms with E-state index >= 15 is 0 Å². The van der Waals surface area contributed by atoms with Gasteiger partial charge in [-0.2, -0.15) is 13.2 Å². The molecule has 0 heterocycles. The summed E-state index contributed by atoms with van der Waals surface area (Å²) < 4.78 is 57.7. The highest BCUT2D eigenvalue weighted by molar-refractivity contribution is 5.92. The summed E-state index contributed by atoms with van der Waals surface area (Å²) in [5, 5.41) is 12.4. The van der Waals surface area contributed by atoms with E-state index in [1.165, 1.54) is 0 Å². The normalized spacial score (nSPS) is 20.0. The molecule has 0 bridgehead atoms. The average molecular weight is 484 g/mol. The molecule has 10 heteroatoms. The highest BCUT2D eigenvalue weighted by Gasteiger charge is 2.35. The molecule has 0 aromatic heterocycles. The summed E-state index contributed by atoms with van der Waals surface area (Å²) in [6.07, 6.45) is -2.62. The van der Waals surface area contributed by atoms with Crippen LogP contribution in [-0.4, -0.2) is 38.3 Å². The van der Waals surface area contributed by atoms with Gasteiger partial charge in [0.05, 0.1) is 11.3 Å². The maximum Gasteiger partial charge on any atom is 0.416 e. The van der Waals surface area contributed by atoms with E-state index in [2.05, 4.69) is 10.6 Å². The fourth-order valence-electron chi connectivity index (χ4n) is 4.24. The van der Waals surface area contributed by atoms with Gasteiger partial charge in [-0.3, -0.25) is 9.59 Å². The first-order chi connectivity index (χ1) is 16.1. The summed E-state index contributed by atoms with van der Waals surface area (Å²) in [5.41, 5.74) is 0.756. The molecule has 2 aromatic carbocycles. The number of amides is 1. The number of hydrogen-bond donors (Lipinski definition) is 3. The van der Waals surface area contributed by atoms with Crippen LogP contribution in [0.5, 0.6) is 0 Å². The molecule has 0 saturated heterocycles. The molecule has 2 aromatic rings. The molecule has 1 aliphatic rings. The van der Waals surface area contributed by atoms with Gasteiger partial charge in [0.2, 0.25) is 5.91 Å². The molecule has 1 fully saturated rings. The third-order valence-electron chi connectivity index (χ3n) is 5.80. The molecule has 0 spiro atoms. The molecule has 0 radical (unpaired) electrons. The Labute approximate surface area is 195 Å². The molecular weight excluding hydrogens is 456 g/mol. The topological polar surface area (TPSA) is 87.7 Å². The molecular formula is C24H28F4N2O4. The van der Waals surface area contributed by atoms with Gasteiger partial charge in [-0.25, -0.2) is 4.39 Å². The number of anilines is 2. The van der Waals surface area contributed by atoms with Crippen molar-refractivity contribution >= 4 is 23.8 Å². The van der Waals surface area contributed by atoms with E-state index in [1.807, 2.05) is 31.3 Å². The van der Waals surface area contributed by atoms with Crippen LogP contribution < -0.4 is 10.6 Å². The van der Waals surface area contributed by atoms with Crippen LogP contribution in [0.2, 0.25) is 0 Å². The zero-order valence-corrected chi connectivity index (χ0v) is 18.9. The summed E-state index contributed by atoms with van der Waals surface area (Å²) in [5.74, 6) is -1.61. The quantitative estimate of drug-likeness (QED) is 0.379. The monoisotopic (exact) mass is 484 g/mol. The van der Waals surface area contributed by atoms with Crippen LogP contribution in [0.1, 0.15) is 36.3 Å². The lowest BCUT2D eigenvalue weighted by molar-refractivity contribution is -0.137. The molecule has 1 amide bonds. The second kappa shape index (κ2) is 12.4. The zero-order valence-electron chi connectivity index (χ0n) is 18.9. The Kier molecular flexibility index (Phi) is 9.85. The third-order valence-corrected chi connectivity index (χ3v) is 5.80. The van der Waals surface area contributed by atoms with E-state index in [0.717, 1.165) is 29.8 Å². The van der Waals surface area contributed by atoms with Crippen molar-refractivity contribution < 1.29 is 37.0 Å². The maximum absolute atomic E-state index is 14.2. The first kappa shape index (κ1) is 27.1. The van der Waals surface area contributed by atoms with E-state index < -0.39 is 29.4 Å². The first-order valence-corrected chi connectivity index (χ1v) is 10.6. The molecule has 0 aliphatic heterocycles. The molecule has 1 saturated carbocycles. The number of benzene rings is 2. The minimum atomic E-state index is -4.64. The fourth-order valence-corrected chi connectivity index (χ4v) is 4.24. The number of rotatable bonds is 6. The van der Waals surface area contributed by atoms with Crippen LogP contribution >= 0.6 is 0 Å². The molecule has 1 aliphatic carbocycles. The number of carboxylic acid groups (broad SMARTS) is 1. The number of ether oxygens (including phenoxy) is 1. The highest BCUT2D eigenvalue weighted by atomic mass is 19.4. The predicted octanol–water partition coefficient (Wildman–Crippen LogP) is 5.37. The second-order valence-electron chi connectivity index (χ2n) is 8.08. The maximum atomic E-state index is 14.2. The van der Waals surface area contributed by atoms with Crippen molar-refractivity contribution in [1.82, 2.24) is 0 Å². The lowest BCUT2D eigenvalue weighted by Crippen LogP contribution is -2.33. The minimum Gasteiger partial charge on any atom is -0.483 e. The highest BCUT2D eigenvalue weighted by Crippen LogP contribution is 2.40. The van der Waals surface area contributed by atoms with Crippen LogP contribution in [0.15, 0.2) is 42.5 Å². The number of halogens is 4. The summed E-state index contributed by atoms with van der Waals surface area (Å²) in [6, 6.07) is 10.1. The Morgan fingerprint density at radius 1 is 1.15 bits per heavy atom. The number of alkyl halides is 3. The Bertz CT molecular complexity index is 951. The molecule has 3 N–H and O–H groups in total. The zero-order chi connectivity index (χ0) is 25.3. The number of nitrogens with one attached hydrogen (secondary N) is 2. The molecule has 6 nitrogen and oxygen atoms in total. The van der Waals surface area contributed by atoms with Crippen LogP contribution in [0.4, 0.5) is 28.9 Å². The van der Waals surface area contributed by atoms with Crippen molar-refractivity contribution in [2.24, 2.45) is 11.8 Å². The number of methoxy groups -OCH3 is 1. The van der Waals surface area contributed by atoms with Crippen molar-refractivity contribution in [3.05, 3.63) is 59.4 Å². The third kappa shape index (κ3) is 7.44. The molecule has 3 atom stereocenters. The summed E-state index contributed by atoms with van der Waals surface area (Å²) in [6.45, 7) is 0.253. The Morgan fingerprint density at radius 2 is 1.79 bits per heavy atom. The van der Waals surface area contributed by atoms with Gasteiger partial charge in [-0.05, 0) is 67.0 Å². The van der Waals surface area contributed by atoms with E-state index in [0.29, 0.717) is 25.5 Å². The number of hydrogen-bond acceptors (Lipinski definition) is 4. The van der Waals surface area contributed by atoms with Crippen molar-refractivity contribution in [2.75, 3.05) is 31.4 Å². The van der Waals surface area contributed by atoms with Gasteiger partial charge >= 0.3 is 6.18 Å². The minimum absolute atomic E-state index is 0.132. The Balaban J connectivity index is 0.00000129. The number of carbonyl (C=O) groups is 2. The smallest absolute Gasteiger partial charge is 0.416 e. The van der Waals surface area contributed by atoms with Gasteiger partial charge < -0.3 is 20.5 Å². The van der Waals surface area contributed by atoms with Crippen molar-refractivity contribution in [1.29, 1.82) is 0 Å². The van der Waals surface area contributed by atoms with Gasteiger partial charge in [-0.15, -0.1) is 0 Å². The second-order valence-corrected chi connectivity index (χ2v) is 8.08. The average Bonchev–Trinajstić information content (AvgIpc) is 2.80. The van der Waals surface area contributed by atoms with Crippen molar-refractivity contribution in [3.8, 4) is 0 Å².